The van der Waals surface area contributed by atoms with Gasteiger partial charge in [-0.2, -0.15) is 18.2 Å². The van der Waals surface area contributed by atoms with Gasteiger partial charge in [-0.1, -0.05) is 17.3 Å². The van der Waals surface area contributed by atoms with E-state index in [0.29, 0.717) is 0 Å². The van der Waals surface area contributed by atoms with Crippen LogP contribution in [0.15, 0.2) is 22.7 Å². The minimum atomic E-state index is -4.79. The SMILES string of the molecule is CCS(=O)(=O)NCc1ccc(-c2noc(C(F)(F)F)n2)cc1F. The Hall–Kier alpha value is -2.01. The molecule has 1 N–H and O–H groups in total. The molecule has 11 heteroatoms. The summed E-state index contributed by atoms with van der Waals surface area (Å²) in [5, 5.41) is 3.14. The molecule has 2 aromatic rings. The highest BCUT2D eigenvalue weighted by atomic mass is 32.2. The van der Waals surface area contributed by atoms with Gasteiger partial charge < -0.3 is 4.52 Å². The van der Waals surface area contributed by atoms with E-state index >= 15 is 0 Å². The first-order valence-electron chi connectivity index (χ1n) is 6.29. The van der Waals surface area contributed by atoms with Crippen molar-refractivity contribution in [1.82, 2.24) is 14.9 Å². The predicted octanol–water partition coefficient (Wildman–Crippen LogP) is 2.33. The zero-order chi connectivity index (χ0) is 17.3. The predicted molar refractivity (Wildman–Crippen MR) is 71.0 cm³/mol. The Morgan fingerprint density at radius 1 is 1.30 bits per heavy atom. The molecule has 0 unspecified atom stereocenters. The minimum absolute atomic E-state index is 0.0242. The number of rotatable bonds is 5. The maximum Gasteiger partial charge on any atom is 0.471 e. The van der Waals surface area contributed by atoms with Crippen molar-refractivity contribution in [3.8, 4) is 11.4 Å². The van der Waals surface area contributed by atoms with E-state index in [4.69, 9.17) is 0 Å². The Kier molecular flexibility index (Phi) is 4.71. The normalized spacial score (nSPS) is 12.6. The van der Waals surface area contributed by atoms with E-state index in [2.05, 4.69) is 19.4 Å². The van der Waals surface area contributed by atoms with E-state index in [-0.39, 0.29) is 23.4 Å². The lowest BCUT2D eigenvalue weighted by Crippen LogP contribution is -2.25. The van der Waals surface area contributed by atoms with Crippen LogP contribution in [-0.4, -0.2) is 24.3 Å². The molecule has 0 saturated heterocycles. The monoisotopic (exact) mass is 353 g/mol. The summed E-state index contributed by atoms with van der Waals surface area (Å²) < 4.78 is 79.9. The van der Waals surface area contributed by atoms with Crippen molar-refractivity contribution in [2.45, 2.75) is 19.6 Å². The molecule has 2 rings (SSSR count). The lowest BCUT2D eigenvalue weighted by atomic mass is 10.1. The van der Waals surface area contributed by atoms with E-state index in [0.717, 1.165) is 6.07 Å². The van der Waals surface area contributed by atoms with Crippen molar-refractivity contribution in [3.63, 3.8) is 0 Å². The van der Waals surface area contributed by atoms with E-state index < -0.39 is 33.7 Å². The zero-order valence-corrected chi connectivity index (χ0v) is 12.5. The number of hydrogen-bond acceptors (Lipinski definition) is 5. The number of nitrogens with zero attached hydrogens (tertiary/aromatic N) is 2. The number of nitrogens with one attached hydrogen (secondary N) is 1. The molecule has 6 nitrogen and oxygen atoms in total. The molecular formula is C12H11F4N3O3S. The zero-order valence-electron chi connectivity index (χ0n) is 11.7. The van der Waals surface area contributed by atoms with Gasteiger partial charge in [0.05, 0.1) is 5.75 Å². The van der Waals surface area contributed by atoms with Crippen LogP contribution in [0, 0.1) is 5.82 Å². The van der Waals surface area contributed by atoms with Gasteiger partial charge in [0.15, 0.2) is 0 Å². The van der Waals surface area contributed by atoms with Gasteiger partial charge in [0.2, 0.25) is 15.8 Å². The van der Waals surface area contributed by atoms with E-state index in [1.54, 1.807) is 0 Å². The molecule has 0 aliphatic rings. The fourth-order valence-corrected chi connectivity index (χ4v) is 2.15. The summed E-state index contributed by atoms with van der Waals surface area (Å²) in [6, 6.07) is 3.40. The first-order chi connectivity index (χ1) is 10.6. The average molecular weight is 353 g/mol. The average Bonchev–Trinajstić information content (AvgIpc) is 2.96. The van der Waals surface area contributed by atoms with Crippen molar-refractivity contribution in [2.75, 3.05) is 5.75 Å². The van der Waals surface area contributed by atoms with Crippen LogP contribution in [0.4, 0.5) is 17.6 Å². The third-order valence-electron chi connectivity index (χ3n) is 2.84. The number of hydrogen-bond donors (Lipinski definition) is 1. The molecule has 0 atom stereocenters. The Balaban J connectivity index is 2.21. The van der Waals surface area contributed by atoms with Gasteiger partial charge in [0.25, 0.3) is 0 Å². The van der Waals surface area contributed by atoms with Crippen molar-refractivity contribution < 1.29 is 30.5 Å². The molecule has 23 heavy (non-hydrogen) atoms. The highest BCUT2D eigenvalue weighted by molar-refractivity contribution is 7.89. The molecule has 0 aliphatic carbocycles. The van der Waals surface area contributed by atoms with Gasteiger partial charge in [-0.25, -0.2) is 17.5 Å². The molecule has 0 spiro atoms. The fourth-order valence-electron chi connectivity index (χ4n) is 1.58. The Morgan fingerprint density at radius 2 is 2.00 bits per heavy atom. The first kappa shape index (κ1) is 17.3. The fraction of sp³-hybridized carbons (Fsp3) is 0.333. The maximum atomic E-state index is 13.9. The topological polar surface area (TPSA) is 85.1 Å². The van der Waals surface area contributed by atoms with Crippen molar-refractivity contribution >= 4 is 10.0 Å². The molecule has 0 saturated carbocycles. The summed E-state index contributed by atoms with van der Waals surface area (Å²) >= 11 is 0. The number of alkyl halides is 3. The van der Waals surface area contributed by atoms with Gasteiger partial charge in [-0.05, 0) is 13.0 Å². The van der Waals surface area contributed by atoms with Gasteiger partial charge in [-0.3, -0.25) is 0 Å². The molecule has 1 aromatic heterocycles. The lowest BCUT2D eigenvalue weighted by molar-refractivity contribution is -0.159. The molecular weight excluding hydrogens is 342 g/mol. The molecule has 0 amide bonds. The van der Waals surface area contributed by atoms with Gasteiger partial charge >= 0.3 is 12.1 Å². The van der Waals surface area contributed by atoms with Crippen molar-refractivity contribution in [1.29, 1.82) is 0 Å². The van der Waals surface area contributed by atoms with Crippen LogP contribution in [0.25, 0.3) is 11.4 Å². The van der Waals surface area contributed by atoms with Crippen LogP contribution in [0.5, 0.6) is 0 Å². The summed E-state index contributed by atoms with van der Waals surface area (Å²) in [5.41, 5.74) is 0.00848. The Labute approximate surface area is 128 Å². The van der Waals surface area contributed by atoms with Gasteiger partial charge in [-0.15, -0.1) is 0 Å². The summed E-state index contributed by atoms with van der Waals surface area (Å²) in [6.07, 6.45) is -4.79. The smallest absolute Gasteiger partial charge is 0.329 e. The molecule has 1 aromatic carbocycles. The lowest BCUT2D eigenvalue weighted by Gasteiger charge is -2.06. The number of sulfonamides is 1. The molecule has 0 aliphatic heterocycles. The quantitative estimate of drug-likeness (QED) is 0.834. The second-order valence-electron chi connectivity index (χ2n) is 4.45. The summed E-state index contributed by atoms with van der Waals surface area (Å²) in [5.74, 6) is -2.92. The van der Waals surface area contributed by atoms with E-state index in [1.165, 1.54) is 19.1 Å². The first-order valence-corrected chi connectivity index (χ1v) is 7.94. The van der Waals surface area contributed by atoms with Crippen LogP contribution in [0.3, 0.4) is 0 Å². The number of halogens is 4. The number of aromatic nitrogens is 2. The highest BCUT2D eigenvalue weighted by Gasteiger charge is 2.38. The van der Waals surface area contributed by atoms with E-state index in [9.17, 15) is 26.0 Å². The van der Waals surface area contributed by atoms with Crippen molar-refractivity contribution in [2.24, 2.45) is 0 Å². The second kappa shape index (κ2) is 6.24. The Bertz CT molecular complexity index is 802. The minimum Gasteiger partial charge on any atom is -0.329 e. The third-order valence-corrected chi connectivity index (χ3v) is 4.19. The molecule has 0 fully saturated rings. The second-order valence-corrected chi connectivity index (χ2v) is 6.55. The van der Waals surface area contributed by atoms with Crippen LogP contribution in [0.2, 0.25) is 0 Å². The molecule has 126 valence electrons. The number of benzene rings is 1. The summed E-state index contributed by atoms with van der Waals surface area (Å²) in [4.78, 5) is 3.14. The van der Waals surface area contributed by atoms with E-state index in [1.807, 2.05) is 0 Å². The Morgan fingerprint density at radius 3 is 2.52 bits per heavy atom. The van der Waals surface area contributed by atoms with Crippen LogP contribution < -0.4 is 4.72 Å². The molecule has 1 heterocycles. The highest BCUT2D eigenvalue weighted by Crippen LogP contribution is 2.29. The largest absolute Gasteiger partial charge is 0.471 e. The van der Waals surface area contributed by atoms with Crippen LogP contribution >= 0.6 is 0 Å². The van der Waals surface area contributed by atoms with Crippen molar-refractivity contribution in [3.05, 3.63) is 35.5 Å². The van der Waals surface area contributed by atoms with Gasteiger partial charge in [0.1, 0.15) is 5.82 Å². The molecule has 0 bridgehead atoms. The maximum absolute atomic E-state index is 13.9. The summed E-state index contributed by atoms with van der Waals surface area (Å²) in [6.45, 7) is 1.15. The molecule has 0 radical (unpaired) electrons. The standard InChI is InChI=1S/C12H11F4N3O3S/c1-2-23(20,21)17-6-8-4-3-7(5-9(8)13)10-18-11(22-19-10)12(14,15)16/h3-5,17H,2,6H2,1H3. The van der Waals surface area contributed by atoms with Crippen LogP contribution in [-0.2, 0) is 22.7 Å². The van der Waals surface area contributed by atoms with Crippen LogP contribution in [0.1, 0.15) is 18.4 Å². The third kappa shape index (κ3) is 4.26. The summed E-state index contributed by atoms with van der Waals surface area (Å²) in [7, 11) is -3.49. The van der Waals surface area contributed by atoms with Gasteiger partial charge in [0, 0.05) is 17.7 Å².